The van der Waals surface area contributed by atoms with Gasteiger partial charge in [0.05, 0.1) is 5.69 Å². The average Bonchev–Trinajstić information content (AvgIpc) is 3.13. The Morgan fingerprint density at radius 2 is 2.08 bits per heavy atom. The number of hydrogen-bond acceptors (Lipinski definition) is 6. The standard InChI is InChI=1S/C20H20N3O2S/c1-13-20(25)17(12-24)22-19(21-13)10-14-4-7-23(8-5-14)16-2-3-18-15(11-16)6-9-26-18/h2-3,6,9,11,14,25H,4-5,7-8,10H2,1H3. The van der Waals surface area contributed by atoms with Crippen LogP contribution in [0.4, 0.5) is 5.69 Å². The molecule has 1 saturated heterocycles. The van der Waals surface area contributed by atoms with Gasteiger partial charge >= 0.3 is 0 Å². The summed E-state index contributed by atoms with van der Waals surface area (Å²) < 4.78 is 1.33. The summed E-state index contributed by atoms with van der Waals surface area (Å²) in [5, 5.41) is 13.2. The van der Waals surface area contributed by atoms with Gasteiger partial charge in [0.2, 0.25) is 0 Å². The van der Waals surface area contributed by atoms with Gasteiger partial charge in [0.15, 0.2) is 11.4 Å². The summed E-state index contributed by atoms with van der Waals surface area (Å²) in [7, 11) is 0. The summed E-state index contributed by atoms with van der Waals surface area (Å²) in [6.45, 7) is 3.69. The Morgan fingerprint density at radius 1 is 1.27 bits per heavy atom. The van der Waals surface area contributed by atoms with Crippen LogP contribution >= 0.6 is 11.3 Å². The normalized spacial score (nSPS) is 15.5. The molecule has 1 N–H and O–H groups in total. The highest BCUT2D eigenvalue weighted by atomic mass is 32.1. The number of aromatic nitrogens is 2. The second-order valence-electron chi connectivity index (χ2n) is 6.80. The van der Waals surface area contributed by atoms with Crippen LogP contribution in [-0.4, -0.2) is 34.5 Å². The van der Waals surface area contributed by atoms with Gasteiger partial charge in [0, 0.05) is 29.9 Å². The Hall–Kier alpha value is -2.47. The van der Waals surface area contributed by atoms with Crippen LogP contribution in [0.15, 0.2) is 29.6 Å². The van der Waals surface area contributed by atoms with Crippen LogP contribution in [0.1, 0.15) is 30.1 Å². The lowest BCUT2D eigenvalue weighted by molar-refractivity contribution is 0.394. The number of anilines is 1. The molecule has 1 aliphatic heterocycles. The highest BCUT2D eigenvalue weighted by molar-refractivity contribution is 7.17. The molecule has 1 fully saturated rings. The van der Waals surface area contributed by atoms with E-state index >= 15 is 0 Å². The van der Waals surface area contributed by atoms with E-state index in [0.29, 0.717) is 17.4 Å². The van der Waals surface area contributed by atoms with Gasteiger partial charge in [-0.25, -0.2) is 9.97 Å². The molecule has 1 aliphatic rings. The fourth-order valence-electron chi connectivity index (χ4n) is 3.59. The maximum absolute atomic E-state index is 10.9. The highest BCUT2D eigenvalue weighted by Gasteiger charge is 2.22. The molecule has 5 nitrogen and oxygen atoms in total. The molecule has 3 aromatic rings. The van der Waals surface area contributed by atoms with E-state index in [-0.39, 0.29) is 11.4 Å². The van der Waals surface area contributed by atoms with E-state index in [0.717, 1.165) is 32.4 Å². The van der Waals surface area contributed by atoms with Gasteiger partial charge in [-0.2, -0.15) is 0 Å². The molecule has 0 spiro atoms. The smallest absolute Gasteiger partial charge is 0.257 e. The Balaban J connectivity index is 1.42. The summed E-state index contributed by atoms with van der Waals surface area (Å²) in [6, 6.07) is 8.84. The zero-order valence-corrected chi connectivity index (χ0v) is 15.4. The topological polar surface area (TPSA) is 66.3 Å². The van der Waals surface area contributed by atoms with Crippen molar-refractivity contribution in [1.82, 2.24) is 9.97 Å². The van der Waals surface area contributed by atoms with E-state index in [2.05, 4.69) is 44.5 Å². The first kappa shape index (κ1) is 17.0. The Morgan fingerprint density at radius 3 is 2.85 bits per heavy atom. The van der Waals surface area contributed by atoms with E-state index in [1.807, 2.05) is 0 Å². The molecule has 1 aromatic carbocycles. The summed E-state index contributed by atoms with van der Waals surface area (Å²) in [6.07, 6.45) is 4.55. The third-order valence-electron chi connectivity index (χ3n) is 5.09. The summed E-state index contributed by atoms with van der Waals surface area (Å²) >= 11 is 1.77. The van der Waals surface area contributed by atoms with Crippen LogP contribution in [0.25, 0.3) is 10.1 Å². The van der Waals surface area contributed by atoms with E-state index in [1.54, 1.807) is 24.5 Å². The van der Waals surface area contributed by atoms with Crippen molar-refractivity contribution in [1.29, 1.82) is 0 Å². The molecule has 26 heavy (non-hydrogen) atoms. The first-order valence-electron chi connectivity index (χ1n) is 8.81. The lowest BCUT2D eigenvalue weighted by atomic mass is 9.92. The van der Waals surface area contributed by atoms with Gasteiger partial charge in [0.1, 0.15) is 5.82 Å². The number of thiophene rings is 1. The number of rotatable bonds is 4. The minimum atomic E-state index is -0.164. The molecule has 0 atom stereocenters. The molecule has 0 bridgehead atoms. The number of aromatic hydroxyl groups is 1. The van der Waals surface area contributed by atoms with Gasteiger partial charge in [-0.15, -0.1) is 11.3 Å². The van der Waals surface area contributed by atoms with Crippen molar-refractivity contribution < 1.29 is 9.90 Å². The number of fused-ring (bicyclic) bond motifs is 1. The SMILES string of the molecule is Cc1nc(CC2CCN(c3ccc4sccc4c3)CC2)nc([C]=O)c1O. The number of piperidine rings is 1. The molecule has 0 aliphatic carbocycles. The second-order valence-corrected chi connectivity index (χ2v) is 7.75. The van der Waals surface area contributed by atoms with E-state index < -0.39 is 0 Å². The van der Waals surface area contributed by atoms with E-state index in [4.69, 9.17) is 0 Å². The first-order chi connectivity index (χ1) is 12.6. The van der Waals surface area contributed by atoms with Crippen molar-refractivity contribution >= 4 is 33.4 Å². The van der Waals surface area contributed by atoms with E-state index in [1.165, 1.54) is 15.8 Å². The summed E-state index contributed by atoms with van der Waals surface area (Å²) in [5.41, 5.74) is 1.69. The predicted molar refractivity (Wildman–Crippen MR) is 104 cm³/mol. The van der Waals surface area contributed by atoms with Gasteiger partial charge in [-0.1, -0.05) is 0 Å². The number of benzene rings is 1. The van der Waals surface area contributed by atoms with Crippen molar-refractivity contribution in [3.05, 3.63) is 46.9 Å². The molecular weight excluding hydrogens is 346 g/mol. The Kier molecular flexibility index (Phi) is 4.59. The van der Waals surface area contributed by atoms with Crippen molar-refractivity contribution in [3.63, 3.8) is 0 Å². The van der Waals surface area contributed by atoms with Crippen LogP contribution in [0.3, 0.4) is 0 Å². The number of aryl methyl sites for hydroxylation is 1. The predicted octanol–water partition coefficient (Wildman–Crippen LogP) is 3.62. The number of carbonyl (C=O) groups excluding carboxylic acids is 1. The van der Waals surface area contributed by atoms with Crippen LogP contribution in [-0.2, 0) is 11.2 Å². The highest BCUT2D eigenvalue weighted by Crippen LogP contribution is 2.30. The molecule has 0 unspecified atom stereocenters. The van der Waals surface area contributed by atoms with Gasteiger partial charge in [-0.05, 0) is 60.7 Å². The van der Waals surface area contributed by atoms with Gasteiger partial charge in [0.25, 0.3) is 6.29 Å². The minimum absolute atomic E-state index is 0.0333. The second kappa shape index (κ2) is 7.03. The summed E-state index contributed by atoms with van der Waals surface area (Å²) in [4.78, 5) is 21.8. The average molecular weight is 366 g/mol. The zero-order valence-electron chi connectivity index (χ0n) is 14.6. The molecule has 0 saturated carbocycles. The molecule has 3 heterocycles. The molecule has 4 rings (SSSR count). The maximum atomic E-state index is 10.9. The Bertz CT molecular complexity index is 945. The van der Waals surface area contributed by atoms with Crippen LogP contribution in [0.5, 0.6) is 5.75 Å². The quantitative estimate of drug-likeness (QED) is 0.764. The number of hydrogen-bond donors (Lipinski definition) is 1. The third kappa shape index (κ3) is 3.29. The van der Waals surface area contributed by atoms with Crippen molar-refractivity contribution in [3.8, 4) is 5.75 Å². The van der Waals surface area contributed by atoms with Gasteiger partial charge < -0.3 is 10.0 Å². The lowest BCUT2D eigenvalue weighted by Crippen LogP contribution is -2.34. The van der Waals surface area contributed by atoms with Gasteiger partial charge in [-0.3, -0.25) is 4.79 Å². The fourth-order valence-corrected chi connectivity index (χ4v) is 4.36. The molecule has 0 amide bonds. The molecule has 6 heteroatoms. The van der Waals surface area contributed by atoms with Crippen LogP contribution < -0.4 is 4.90 Å². The third-order valence-corrected chi connectivity index (χ3v) is 5.99. The van der Waals surface area contributed by atoms with E-state index in [9.17, 15) is 9.90 Å². The molecule has 133 valence electrons. The van der Waals surface area contributed by atoms with Crippen LogP contribution in [0, 0.1) is 12.8 Å². The fraction of sp³-hybridized carbons (Fsp3) is 0.350. The first-order valence-corrected chi connectivity index (χ1v) is 9.69. The summed E-state index contributed by atoms with van der Waals surface area (Å²) in [5.74, 6) is 0.943. The maximum Gasteiger partial charge on any atom is 0.257 e. The number of nitrogens with zero attached hydrogens (tertiary/aromatic N) is 3. The monoisotopic (exact) mass is 366 g/mol. The Labute approximate surface area is 156 Å². The van der Waals surface area contributed by atoms with Crippen LogP contribution in [0.2, 0.25) is 0 Å². The molecular formula is C20H20N3O2S. The van der Waals surface area contributed by atoms with Crippen molar-refractivity contribution in [2.75, 3.05) is 18.0 Å². The van der Waals surface area contributed by atoms with Crippen molar-refractivity contribution in [2.24, 2.45) is 5.92 Å². The van der Waals surface area contributed by atoms with Crippen molar-refractivity contribution in [2.45, 2.75) is 26.2 Å². The largest absolute Gasteiger partial charge is 0.504 e. The molecule has 1 radical (unpaired) electrons. The minimum Gasteiger partial charge on any atom is -0.504 e. The molecule has 2 aromatic heterocycles. The lowest BCUT2D eigenvalue weighted by Gasteiger charge is -2.33. The zero-order chi connectivity index (χ0) is 18.1.